The first-order chi connectivity index (χ1) is 13.2. The van der Waals surface area contributed by atoms with Gasteiger partial charge in [-0.15, -0.1) is 12.4 Å². The van der Waals surface area contributed by atoms with E-state index in [0.29, 0.717) is 11.4 Å². The van der Waals surface area contributed by atoms with E-state index >= 15 is 0 Å². The van der Waals surface area contributed by atoms with E-state index in [4.69, 9.17) is 4.74 Å². The summed E-state index contributed by atoms with van der Waals surface area (Å²) in [4.78, 5) is 2.37. The molecular weight excluding hydrogens is 410 g/mol. The second kappa shape index (κ2) is 9.24. The summed E-state index contributed by atoms with van der Waals surface area (Å²) in [6.45, 7) is 9.71. The van der Waals surface area contributed by atoms with Crippen LogP contribution in [0.3, 0.4) is 0 Å². The van der Waals surface area contributed by atoms with E-state index in [2.05, 4.69) is 35.7 Å². The largest absolute Gasteiger partial charge is 0.495 e. The van der Waals surface area contributed by atoms with Gasteiger partial charge in [0.2, 0.25) is 0 Å². The molecule has 0 spiro atoms. The predicted molar refractivity (Wildman–Crippen MR) is 121 cm³/mol. The lowest BCUT2D eigenvalue weighted by Gasteiger charge is -2.30. The lowest BCUT2D eigenvalue weighted by Crippen LogP contribution is -2.43. The number of hydrogen-bond donors (Lipinski definition) is 2. The zero-order valence-corrected chi connectivity index (χ0v) is 19.0. The molecule has 2 aromatic rings. The molecular formula is C21H30ClN3O3S. The minimum absolute atomic E-state index is 0. The van der Waals surface area contributed by atoms with E-state index in [1.54, 1.807) is 37.4 Å². The van der Waals surface area contributed by atoms with E-state index in [9.17, 15) is 8.42 Å². The molecule has 3 rings (SSSR count). The first-order valence-corrected chi connectivity index (χ1v) is 11.0. The van der Waals surface area contributed by atoms with E-state index in [-0.39, 0.29) is 22.7 Å². The molecule has 8 heteroatoms. The maximum absolute atomic E-state index is 12.9. The summed E-state index contributed by atoms with van der Waals surface area (Å²) in [5.74, 6) is 0.676. The Balaban J connectivity index is 0.00000300. The van der Waals surface area contributed by atoms with Crippen LogP contribution in [0.15, 0.2) is 47.4 Å². The number of rotatable bonds is 5. The van der Waals surface area contributed by atoms with Crippen molar-refractivity contribution in [2.24, 2.45) is 0 Å². The van der Waals surface area contributed by atoms with Crippen molar-refractivity contribution in [3.63, 3.8) is 0 Å². The quantitative estimate of drug-likeness (QED) is 0.744. The van der Waals surface area contributed by atoms with Crippen molar-refractivity contribution < 1.29 is 13.2 Å². The van der Waals surface area contributed by atoms with Crippen LogP contribution >= 0.6 is 12.4 Å². The highest BCUT2D eigenvalue weighted by atomic mass is 35.5. The van der Waals surface area contributed by atoms with Crippen LogP contribution < -0.4 is 19.7 Å². The van der Waals surface area contributed by atoms with Gasteiger partial charge in [-0.05, 0) is 41.3 Å². The third-order valence-electron chi connectivity index (χ3n) is 4.92. The fourth-order valence-corrected chi connectivity index (χ4v) is 4.32. The molecule has 0 unspecified atom stereocenters. The minimum atomic E-state index is -3.70. The van der Waals surface area contributed by atoms with E-state index in [0.717, 1.165) is 37.4 Å². The molecule has 2 aromatic carbocycles. The summed E-state index contributed by atoms with van der Waals surface area (Å²) in [5.41, 5.74) is 2.52. The smallest absolute Gasteiger partial charge is 0.261 e. The van der Waals surface area contributed by atoms with Crippen LogP contribution in [-0.4, -0.2) is 41.7 Å². The van der Waals surface area contributed by atoms with Crippen LogP contribution in [0.25, 0.3) is 0 Å². The van der Waals surface area contributed by atoms with Gasteiger partial charge in [0.1, 0.15) is 5.75 Å². The molecule has 29 heavy (non-hydrogen) atoms. The number of benzene rings is 2. The summed E-state index contributed by atoms with van der Waals surface area (Å²) >= 11 is 0. The minimum Gasteiger partial charge on any atom is -0.495 e. The molecule has 0 amide bonds. The molecule has 0 aliphatic carbocycles. The Kier molecular flexibility index (Phi) is 7.43. The topological polar surface area (TPSA) is 70.7 Å². The fraction of sp³-hybridized carbons (Fsp3) is 0.429. The maximum Gasteiger partial charge on any atom is 0.261 e. The van der Waals surface area contributed by atoms with Gasteiger partial charge in [0.15, 0.2) is 0 Å². The van der Waals surface area contributed by atoms with Crippen molar-refractivity contribution in [1.82, 2.24) is 5.32 Å². The van der Waals surface area contributed by atoms with Gasteiger partial charge in [-0.1, -0.05) is 32.9 Å². The number of piperazine rings is 1. The first kappa shape index (κ1) is 23.3. The van der Waals surface area contributed by atoms with Crippen molar-refractivity contribution in [3.05, 3.63) is 48.0 Å². The zero-order valence-electron chi connectivity index (χ0n) is 17.4. The highest BCUT2D eigenvalue weighted by Gasteiger charge is 2.21. The van der Waals surface area contributed by atoms with Crippen LogP contribution in [0, 0.1) is 0 Å². The third-order valence-corrected chi connectivity index (χ3v) is 6.30. The number of anilines is 2. The molecule has 1 heterocycles. The van der Waals surface area contributed by atoms with E-state index in [1.807, 2.05) is 12.1 Å². The summed E-state index contributed by atoms with van der Waals surface area (Å²) < 4.78 is 34.0. The Morgan fingerprint density at radius 3 is 2.21 bits per heavy atom. The Labute approximate surface area is 180 Å². The Bertz CT molecular complexity index is 919. The summed E-state index contributed by atoms with van der Waals surface area (Å²) in [7, 11) is -2.09. The van der Waals surface area contributed by atoms with Crippen molar-refractivity contribution in [3.8, 4) is 5.75 Å². The van der Waals surface area contributed by atoms with Crippen LogP contribution in [0.4, 0.5) is 11.4 Å². The van der Waals surface area contributed by atoms with Crippen molar-refractivity contribution in [2.75, 3.05) is 42.9 Å². The molecule has 0 radical (unpaired) electrons. The molecule has 2 N–H and O–H groups in total. The molecule has 0 aromatic heterocycles. The standard InChI is InChI=1S/C21H29N3O3S.ClH/c1-21(2,3)16-5-7-17(8-6-16)23-28(25,26)18-9-10-20(27-4)19(15-18)24-13-11-22-12-14-24;/h5-10,15,22-23H,11-14H2,1-4H3;1H. The molecule has 160 valence electrons. The average Bonchev–Trinajstić information content (AvgIpc) is 2.67. The Morgan fingerprint density at radius 2 is 1.66 bits per heavy atom. The van der Waals surface area contributed by atoms with Crippen molar-refractivity contribution >= 4 is 33.8 Å². The van der Waals surface area contributed by atoms with Gasteiger partial charge < -0.3 is 15.0 Å². The third kappa shape index (κ3) is 5.56. The molecule has 1 aliphatic rings. The van der Waals surface area contributed by atoms with Gasteiger partial charge in [0, 0.05) is 31.9 Å². The molecule has 0 bridgehead atoms. The first-order valence-electron chi connectivity index (χ1n) is 9.48. The second-order valence-corrected chi connectivity index (χ2v) is 9.69. The highest BCUT2D eigenvalue weighted by Crippen LogP contribution is 2.32. The SMILES string of the molecule is COc1ccc(S(=O)(=O)Nc2ccc(C(C)(C)C)cc2)cc1N1CCNCC1.Cl. The van der Waals surface area contributed by atoms with Crippen LogP contribution in [0.1, 0.15) is 26.3 Å². The summed E-state index contributed by atoms with van der Waals surface area (Å²) in [6, 6.07) is 12.5. The predicted octanol–water partition coefficient (Wildman–Crippen LogP) is 3.62. The Hall–Kier alpha value is -1.96. The molecule has 6 nitrogen and oxygen atoms in total. The molecule has 1 fully saturated rings. The molecule has 1 saturated heterocycles. The highest BCUT2D eigenvalue weighted by molar-refractivity contribution is 7.92. The number of nitrogens with zero attached hydrogens (tertiary/aromatic N) is 1. The fourth-order valence-electron chi connectivity index (χ4n) is 3.24. The Morgan fingerprint density at radius 1 is 1.03 bits per heavy atom. The zero-order chi connectivity index (χ0) is 20.4. The van der Waals surface area contributed by atoms with Crippen LogP contribution in [0.5, 0.6) is 5.75 Å². The number of sulfonamides is 1. The van der Waals surface area contributed by atoms with Gasteiger partial charge >= 0.3 is 0 Å². The molecule has 0 saturated carbocycles. The summed E-state index contributed by atoms with van der Waals surface area (Å²) in [5, 5.41) is 3.30. The van der Waals surface area contributed by atoms with Gasteiger partial charge in [0.05, 0.1) is 17.7 Å². The number of ether oxygens (including phenoxy) is 1. The van der Waals surface area contributed by atoms with Crippen LogP contribution in [0.2, 0.25) is 0 Å². The summed E-state index contributed by atoms with van der Waals surface area (Å²) in [6.07, 6.45) is 0. The van der Waals surface area contributed by atoms with Crippen molar-refractivity contribution in [2.45, 2.75) is 31.1 Å². The van der Waals surface area contributed by atoms with E-state index in [1.165, 1.54) is 0 Å². The lowest BCUT2D eigenvalue weighted by atomic mass is 9.87. The number of nitrogens with one attached hydrogen (secondary N) is 2. The lowest BCUT2D eigenvalue weighted by molar-refractivity contribution is 0.412. The second-order valence-electron chi connectivity index (χ2n) is 8.00. The number of methoxy groups -OCH3 is 1. The van der Waals surface area contributed by atoms with Gasteiger partial charge in [-0.25, -0.2) is 8.42 Å². The van der Waals surface area contributed by atoms with Crippen molar-refractivity contribution in [1.29, 1.82) is 0 Å². The van der Waals surface area contributed by atoms with Gasteiger partial charge in [0.25, 0.3) is 10.0 Å². The number of halogens is 1. The monoisotopic (exact) mass is 439 g/mol. The van der Waals surface area contributed by atoms with Crippen LogP contribution in [-0.2, 0) is 15.4 Å². The normalized spacial score (nSPS) is 14.8. The van der Waals surface area contributed by atoms with E-state index < -0.39 is 10.0 Å². The number of hydrogen-bond acceptors (Lipinski definition) is 5. The molecule has 1 aliphatic heterocycles. The average molecular weight is 440 g/mol. The van der Waals surface area contributed by atoms with Gasteiger partial charge in [-0.3, -0.25) is 4.72 Å². The maximum atomic E-state index is 12.9. The van der Waals surface area contributed by atoms with Gasteiger partial charge in [-0.2, -0.15) is 0 Å². The molecule has 0 atom stereocenters.